The molecule has 0 spiro atoms. The minimum absolute atomic E-state index is 0.0264. The minimum Gasteiger partial charge on any atom is -0.457 e. The maximum Gasteiger partial charge on any atom is 0.282 e. The predicted molar refractivity (Wildman–Crippen MR) is 172 cm³/mol. The topological polar surface area (TPSA) is 96.9 Å². The van der Waals surface area contributed by atoms with Crippen LogP contribution in [0.1, 0.15) is 67.1 Å². The molecule has 0 radical (unpaired) electrons. The van der Waals surface area contributed by atoms with Gasteiger partial charge in [0.25, 0.3) is 11.1 Å². The lowest BCUT2D eigenvalue weighted by atomic mass is 9.99. The van der Waals surface area contributed by atoms with Gasteiger partial charge in [-0.2, -0.15) is 10.2 Å². The van der Waals surface area contributed by atoms with E-state index in [9.17, 15) is 9.59 Å². The highest BCUT2D eigenvalue weighted by Crippen LogP contribution is 2.33. The minimum atomic E-state index is -0.632. The van der Waals surface area contributed by atoms with Gasteiger partial charge in [0, 0.05) is 61.8 Å². The van der Waals surface area contributed by atoms with Gasteiger partial charge < -0.3 is 24.6 Å². The average molecular weight is 634 g/mol. The fourth-order valence-corrected chi connectivity index (χ4v) is 6.93. The molecule has 0 unspecified atom stereocenters. The molecular weight excluding hydrogens is 593 g/mol. The van der Waals surface area contributed by atoms with Gasteiger partial charge in [-0.05, 0) is 80.1 Å². The number of piperidine rings is 1. The van der Waals surface area contributed by atoms with Crippen LogP contribution in [0.2, 0.25) is 0 Å². The molecule has 3 fully saturated rings. The zero-order valence-corrected chi connectivity index (χ0v) is 26.7. The molecule has 0 atom stereocenters. The summed E-state index contributed by atoms with van der Waals surface area (Å²) >= 11 is 1.24. The van der Waals surface area contributed by atoms with Gasteiger partial charge in [0.1, 0.15) is 17.3 Å². The van der Waals surface area contributed by atoms with Gasteiger partial charge in [0.15, 0.2) is 0 Å². The van der Waals surface area contributed by atoms with Crippen LogP contribution in [0.5, 0.6) is 11.5 Å². The van der Waals surface area contributed by atoms with Gasteiger partial charge in [0.05, 0.1) is 23.5 Å². The maximum atomic E-state index is 15.5. The Balaban J connectivity index is 1.17. The van der Waals surface area contributed by atoms with Crippen molar-refractivity contribution in [3.63, 3.8) is 0 Å². The Hall–Kier alpha value is -3.54. The number of rotatable bonds is 9. The van der Waals surface area contributed by atoms with E-state index in [1.165, 1.54) is 23.9 Å². The van der Waals surface area contributed by atoms with Gasteiger partial charge in [0.2, 0.25) is 0 Å². The van der Waals surface area contributed by atoms with Crippen LogP contribution in [0.3, 0.4) is 0 Å². The lowest BCUT2D eigenvalue weighted by Crippen LogP contribution is -2.49. The summed E-state index contributed by atoms with van der Waals surface area (Å²) in [6, 6.07) is 14.6. The van der Waals surface area contributed by atoms with Crippen LogP contribution in [-0.2, 0) is 11.3 Å². The van der Waals surface area contributed by atoms with E-state index in [0.29, 0.717) is 41.3 Å². The number of nitrogens with one attached hydrogen (secondary N) is 1. The van der Waals surface area contributed by atoms with Gasteiger partial charge in [-0.1, -0.05) is 25.6 Å². The third-order valence-corrected chi connectivity index (χ3v) is 9.72. The number of carbonyl (C=O) groups excluding carboxylic acids is 2. The SMILES string of the molecule is CC(C)c1ccc(-c2ccc(Oc3cc(C(=O)NC4CCN(C5CCOCC5)CC4)c(F)cc3CN3CCSC3=O)cc2)nn1. The third kappa shape index (κ3) is 7.65. The monoisotopic (exact) mass is 633 g/mol. The fraction of sp³-hybridized carbons (Fsp3) is 0.471. The number of halogens is 1. The Morgan fingerprint density at radius 3 is 2.44 bits per heavy atom. The molecule has 9 nitrogen and oxygen atoms in total. The highest BCUT2D eigenvalue weighted by atomic mass is 32.2. The van der Waals surface area contributed by atoms with Crippen molar-refractivity contribution in [2.75, 3.05) is 38.6 Å². The number of carbonyl (C=O) groups is 2. The molecule has 11 heteroatoms. The highest BCUT2D eigenvalue weighted by molar-refractivity contribution is 8.13. The molecular formula is C34H40FN5O4S. The molecule has 0 bridgehead atoms. The van der Waals surface area contributed by atoms with Crippen molar-refractivity contribution in [1.82, 2.24) is 25.3 Å². The largest absolute Gasteiger partial charge is 0.457 e. The Kier molecular flexibility index (Phi) is 9.97. The predicted octanol–water partition coefficient (Wildman–Crippen LogP) is 6.24. The first-order chi connectivity index (χ1) is 21.8. The van der Waals surface area contributed by atoms with E-state index >= 15 is 4.39 Å². The van der Waals surface area contributed by atoms with Crippen molar-refractivity contribution in [2.24, 2.45) is 0 Å². The first-order valence-corrected chi connectivity index (χ1v) is 16.8. The molecule has 45 heavy (non-hydrogen) atoms. The molecule has 1 aromatic heterocycles. The molecule has 4 heterocycles. The molecule has 238 valence electrons. The number of ether oxygens (including phenoxy) is 2. The standard InChI is InChI=1S/C34H40FN5O4S/c1-22(2)30-7-8-31(38-37-30)23-3-5-27(6-4-23)44-32-20-28(29(35)19-24(32)21-40-15-18-45-34(40)42)33(41)36-25-9-13-39(14-10-25)26-11-16-43-17-12-26/h3-8,19-20,22,25-26H,9-18,21H2,1-2H3,(H,36,41). The summed E-state index contributed by atoms with van der Waals surface area (Å²) in [7, 11) is 0. The summed E-state index contributed by atoms with van der Waals surface area (Å²) in [5, 5.41) is 11.7. The second kappa shape index (κ2) is 14.3. The number of likely N-dealkylation sites (tertiary alicyclic amines) is 1. The number of thioether (sulfide) groups is 1. The van der Waals surface area contributed by atoms with Crippen LogP contribution in [0.15, 0.2) is 48.5 Å². The molecule has 6 rings (SSSR count). The van der Waals surface area contributed by atoms with Gasteiger partial charge >= 0.3 is 0 Å². The van der Waals surface area contributed by atoms with E-state index in [1.54, 1.807) is 4.90 Å². The van der Waals surface area contributed by atoms with E-state index in [4.69, 9.17) is 9.47 Å². The lowest BCUT2D eigenvalue weighted by Gasteiger charge is -2.39. The molecule has 3 aliphatic heterocycles. The molecule has 3 aliphatic rings. The zero-order valence-electron chi connectivity index (χ0n) is 25.8. The summed E-state index contributed by atoms with van der Waals surface area (Å²) in [6.07, 6.45) is 3.72. The molecule has 0 aliphatic carbocycles. The quantitative estimate of drug-likeness (QED) is 0.296. The smallest absolute Gasteiger partial charge is 0.282 e. The van der Waals surface area contributed by atoms with Crippen LogP contribution in [0.4, 0.5) is 9.18 Å². The maximum absolute atomic E-state index is 15.5. The zero-order chi connectivity index (χ0) is 31.3. The van der Waals surface area contributed by atoms with Gasteiger partial charge in [-0.3, -0.25) is 9.59 Å². The van der Waals surface area contributed by atoms with Crippen LogP contribution in [0.25, 0.3) is 11.3 Å². The molecule has 0 saturated carbocycles. The van der Waals surface area contributed by atoms with Crippen molar-refractivity contribution in [3.05, 3.63) is 71.2 Å². The molecule has 2 amide bonds. The summed E-state index contributed by atoms with van der Waals surface area (Å²) in [4.78, 5) is 29.9. The summed E-state index contributed by atoms with van der Waals surface area (Å²) in [6.45, 7) is 8.32. The summed E-state index contributed by atoms with van der Waals surface area (Å²) < 4.78 is 27.3. The van der Waals surface area contributed by atoms with Gasteiger partial charge in [-0.15, -0.1) is 0 Å². The number of nitrogens with zero attached hydrogens (tertiary/aromatic N) is 4. The molecule has 3 aromatic rings. The molecule has 1 N–H and O–H groups in total. The Morgan fingerprint density at radius 1 is 1.04 bits per heavy atom. The Bertz CT molecular complexity index is 1490. The van der Waals surface area contributed by atoms with E-state index in [-0.39, 0.29) is 23.4 Å². The first kappa shape index (κ1) is 31.4. The third-order valence-electron chi connectivity index (χ3n) is 8.83. The number of hydrogen-bond donors (Lipinski definition) is 1. The van der Waals surface area contributed by atoms with Crippen molar-refractivity contribution in [1.29, 1.82) is 0 Å². The lowest BCUT2D eigenvalue weighted by molar-refractivity contribution is 0.0238. The first-order valence-electron chi connectivity index (χ1n) is 15.8. The Morgan fingerprint density at radius 2 is 1.80 bits per heavy atom. The number of hydrogen-bond acceptors (Lipinski definition) is 8. The van der Waals surface area contributed by atoms with Crippen molar-refractivity contribution < 1.29 is 23.5 Å². The second-order valence-corrected chi connectivity index (χ2v) is 13.3. The van der Waals surface area contributed by atoms with E-state index in [0.717, 1.165) is 68.9 Å². The van der Waals surface area contributed by atoms with Crippen LogP contribution < -0.4 is 10.1 Å². The summed E-state index contributed by atoms with van der Waals surface area (Å²) in [5.41, 5.74) is 2.99. The number of benzene rings is 2. The second-order valence-electron chi connectivity index (χ2n) is 12.2. The van der Waals surface area contributed by atoms with Crippen molar-refractivity contribution in [2.45, 2.75) is 64.1 Å². The average Bonchev–Trinajstić information content (AvgIpc) is 3.47. The van der Waals surface area contributed by atoms with E-state index in [2.05, 4.69) is 34.3 Å². The summed E-state index contributed by atoms with van der Waals surface area (Å²) in [5.74, 6) is 0.756. The Labute approximate surface area is 267 Å². The normalized spacial score (nSPS) is 18.5. The highest BCUT2D eigenvalue weighted by Gasteiger charge is 2.29. The van der Waals surface area contributed by atoms with Crippen molar-refractivity contribution in [3.8, 4) is 22.8 Å². The fourth-order valence-electron chi connectivity index (χ4n) is 6.11. The molecule has 3 saturated heterocycles. The van der Waals surface area contributed by atoms with Crippen LogP contribution in [-0.4, -0.2) is 81.8 Å². The molecule has 2 aromatic carbocycles. The van der Waals surface area contributed by atoms with Crippen LogP contribution in [0, 0.1) is 5.82 Å². The number of amides is 2. The van der Waals surface area contributed by atoms with Crippen LogP contribution >= 0.6 is 11.8 Å². The van der Waals surface area contributed by atoms with Crippen molar-refractivity contribution >= 4 is 22.9 Å². The van der Waals surface area contributed by atoms with E-state index in [1.807, 2.05) is 36.4 Å². The number of aromatic nitrogens is 2. The van der Waals surface area contributed by atoms with Gasteiger partial charge in [-0.25, -0.2) is 4.39 Å². The van der Waals surface area contributed by atoms with E-state index < -0.39 is 11.7 Å².